The highest BCUT2D eigenvalue weighted by Gasteiger charge is 2.39. The molecule has 2 unspecified atom stereocenters. The molecule has 0 radical (unpaired) electrons. The van der Waals surface area contributed by atoms with Crippen molar-refractivity contribution < 1.29 is 9.59 Å². The fraction of sp³-hybridized carbons (Fsp3) is 0.579. The Bertz CT molecular complexity index is 694. The molecule has 1 aromatic rings. The quantitative estimate of drug-likeness (QED) is 0.758. The van der Waals surface area contributed by atoms with Gasteiger partial charge >= 0.3 is 0 Å². The van der Waals surface area contributed by atoms with Gasteiger partial charge in [-0.2, -0.15) is 11.8 Å². The van der Waals surface area contributed by atoms with Crippen molar-refractivity contribution in [2.75, 3.05) is 37.7 Å². The van der Waals surface area contributed by atoms with Crippen LogP contribution in [0.25, 0.3) is 0 Å². The summed E-state index contributed by atoms with van der Waals surface area (Å²) in [6, 6.07) is 5.61. The molecule has 3 aliphatic rings. The van der Waals surface area contributed by atoms with Crippen LogP contribution in [0.1, 0.15) is 41.1 Å². The lowest BCUT2D eigenvalue weighted by atomic mass is 9.99. The maximum atomic E-state index is 13.3. The van der Waals surface area contributed by atoms with Crippen molar-refractivity contribution in [3.8, 4) is 0 Å². The predicted molar refractivity (Wildman–Crippen MR) is 109 cm³/mol. The first-order valence-corrected chi connectivity index (χ1v) is 10.6. The van der Waals surface area contributed by atoms with Gasteiger partial charge in [0, 0.05) is 41.6 Å². The molecule has 2 aliphatic heterocycles. The number of carbonyl (C=O) groups excluding carboxylic acids is 2. The summed E-state index contributed by atoms with van der Waals surface area (Å²) in [6.45, 7) is 4.04. The van der Waals surface area contributed by atoms with E-state index in [1.807, 2.05) is 17.8 Å². The Morgan fingerprint density at radius 1 is 1.23 bits per heavy atom. The van der Waals surface area contributed by atoms with Crippen molar-refractivity contribution in [2.45, 2.75) is 31.2 Å². The van der Waals surface area contributed by atoms with E-state index in [0.29, 0.717) is 10.6 Å². The second kappa shape index (κ2) is 8.51. The highest BCUT2D eigenvalue weighted by molar-refractivity contribution is 7.99. The minimum Gasteiger partial charge on any atom is -0.336 e. The molecule has 0 aromatic heterocycles. The van der Waals surface area contributed by atoms with Gasteiger partial charge in [-0.1, -0.05) is 17.7 Å². The van der Waals surface area contributed by atoms with Crippen LogP contribution >= 0.6 is 35.8 Å². The smallest absolute Gasteiger partial charge is 0.230 e. The van der Waals surface area contributed by atoms with Gasteiger partial charge in [0.2, 0.25) is 5.91 Å². The van der Waals surface area contributed by atoms with Crippen LogP contribution in [0, 0.1) is 0 Å². The summed E-state index contributed by atoms with van der Waals surface area (Å²) in [4.78, 5) is 30.2. The number of carbonyl (C=O) groups is 2. The number of hydrogen-bond donors (Lipinski definition) is 0. The third kappa shape index (κ3) is 3.91. The third-order valence-electron chi connectivity index (χ3n) is 5.56. The number of amides is 1. The number of thioether (sulfide) groups is 1. The Balaban J connectivity index is 0.00000196. The second-order valence-corrected chi connectivity index (χ2v) is 8.77. The van der Waals surface area contributed by atoms with Gasteiger partial charge in [-0.3, -0.25) is 9.59 Å². The van der Waals surface area contributed by atoms with Crippen molar-refractivity contribution in [1.82, 2.24) is 9.80 Å². The molecule has 1 amide bonds. The summed E-state index contributed by atoms with van der Waals surface area (Å²) in [6.07, 6.45) is 2.81. The van der Waals surface area contributed by atoms with E-state index in [9.17, 15) is 9.59 Å². The Morgan fingerprint density at radius 3 is 2.77 bits per heavy atom. The van der Waals surface area contributed by atoms with Gasteiger partial charge in [0.1, 0.15) is 0 Å². The van der Waals surface area contributed by atoms with Crippen molar-refractivity contribution in [3.63, 3.8) is 0 Å². The minimum absolute atomic E-state index is 0. The van der Waals surface area contributed by atoms with Crippen LogP contribution in [0.2, 0.25) is 5.02 Å². The summed E-state index contributed by atoms with van der Waals surface area (Å²) >= 11 is 7.96. The fourth-order valence-corrected chi connectivity index (χ4v) is 5.48. The van der Waals surface area contributed by atoms with Gasteiger partial charge in [-0.15, -0.1) is 12.4 Å². The first kappa shape index (κ1) is 20.0. The van der Waals surface area contributed by atoms with Crippen molar-refractivity contribution in [1.29, 1.82) is 0 Å². The molecule has 1 aromatic carbocycles. The molecule has 7 heteroatoms. The van der Waals surface area contributed by atoms with Crippen LogP contribution in [-0.2, 0) is 4.79 Å². The summed E-state index contributed by atoms with van der Waals surface area (Å²) in [7, 11) is 0. The Labute approximate surface area is 170 Å². The van der Waals surface area contributed by atoms with E-state index in [-0.39, 0.29) is 42.5 Å². The summed E-state index contributed by atoms with van der Waals surface area (Å²) in [5.74, 6) is 1.81. The molecule has 4 nitrogen and oxygen atoms in total. The molecule has 26 heavy (non-hydrogen) atoms. The molecule has 2 saturated heterocycles. The van der Waals surface area contributed by atoms with Gasteiger partial charge in [-0.05, 0) is 43.6 Å². The average molecular weight is 415 g/mol. The number of halogens is 2. The van der Waals surface area contributed by atoms with Gasteiger partial charge in [0.05, 0.1) is 12.0 Å². The number of hydrogen-bond acceptors (Lipinski definition) is 4. The largest absolute Gasteiger partial charge is 0.336 e. The number of likely N-dealkylation sites (tertiary alicyclic amines) is 1. The zero-order chi connectivity index (χ0) is 17.4. The van der Waals surface area contributed by atoms with Crippen LogP contribution in [0.4, 0.5) is 0 Å². The van der Waals surface area contributed by atoms with Gasteiger partial charge in [0.25, 0.3) is 0 Å². The van der Waals surface area contributed by atoms with Gasteiger partial charge in [0.15, 0.2) is 5.78 Å². The highest BCUT2D eigenvalue weighted by atomic mass is 35.5. The summed E-state index contributed by atoms with van der Waals surface area (Å²) < 4.78 is 0. The maximum absolute atomic E-state index is 13.3. The summed E-state index contributed by atoms with van der Waals surface area (Å²) in [5.41, 5.74) is 1.49. The van der Waals surface area contributed by atoms with Crippen LogP contribution in [0.15, 0.2) is 18.2 Å². The molecule has 2 atom stereocenters. The fourth-order valence-electron chi connectivity index (χ4n) is 4.26. The zero-order valence-corrected chi connectivity index (χ0v) is 17.0. The number of Topliss-reactive ketones (excluding diaryl/α,β-unsaturated/α-hetero) is 1. The molecule has 1 aliphatic carbocycles. The Hall–Kier alpha value is -0.750. The SMILES string of the molecule is Cl.O=C1CC(C(=O)N2CCSCC2CN2CCCC2)c2ccc(Cl)cc21. The monoisotopic (exact) mass is 414 g/mol. The molecular weight excluding hydrogens is 391 g/mol. The van der Waals surface area contributed by atoms with E-state index >= 15 is 0 Å². The standard InChI is InChI=1S/C19H23ClN2O2S.ClH/c20-13-3-4-15-16(9-13)18(23)10-17(15)19(24)22-7-8-25-12-14(22)11-21-5-1-2-6-21;/h3-4,9,14,17H,1-2,5-8,10-12H2;1H. The average Bonchev–Trinajstić information content (AvgIpc) is 3.23. The predicted octanol–water partition coefficient (Wildman–Crippen LogP) is 3.47. The number of nitrogens with zero attached hydrogens (tertiary/aromatic N) is 2. The maximum Gasteiger partial charge on any atom is 0.230 e. The molecule has 142 valence electrons. The summed E-state index contributed by atoms with van der Waals surface area (Å²) in [5, 5.41) is 0.557. The van der Waals surface area contributed by atoms with Gasteiger partial charge in [-0.25, -0.2) is 0 Å². The van der Waals surface area contributed by atoms with Crippen molar-refractivity contribution in [3.05, 3.63) is 34.3 Å². The van der Waals surface area contributed by atoms with E-state index in [1.165, 1.54) is 12.8 Å². The lowest BCUT2D eigenvalue weighted by Crippen LogP contribution is -2.52. The molecule has 0 N–H and O–H groups in total. The van der Waals surface area contributed by atoms with Crippen LogP contribution < -0.4 is 0 Å². The first-order chi connectivity index (χ1) is 12.1. The molecule has 4 rings (SSSR count). The molecule has 0 bridgehead atoms. The first-order valence-electron chi connectivity index (χ1n) is 9.06. The van der Waals surface area contributed by atoms with E-state index in [1.54, 1.807) is 12.1 Å². The van der Waals surface area contributed by atoms with Gasteiger partial charge < -0.3 is 9.80 Å². The normalized spacial score (nSPS) is 25.9. The molecular formula is C19H24Cl2N2O2S. The number of benzene rings is 1. The molecule has 0 spiro atoms. The van der Waals surface area contributed by atoms with E-state index < -0.39 is 0 Å². The number of fused-ring (bicyclic) bond motifs is 1. The van der Waals surface area contributed by atoms with E-state index in [2.05, 4.69) is 9.80 Å². The van der Waals surface area contributed by atoms with E-state index in [0.717, 1.165) is 43.2 Å². The Morgan fingerprint density at radius 2 is 2.00 bits per heavy atom. The third-order valence-corrected chi connectivity index (χ3v) is 6.88. The van der Waals surface area contributed by atoms with Crippen LogP contribution in [-0.4, -0.2) is 65.2 Å². The van der Waals surface area contributed by atoms with Crippen molar-refractivity contribution in [2.24, 2.45) is 0 Å². The second-order valence-electron chi connectivity index (χ2n) is 7.18. The van der Waals surface area contributed by atoms with E-state index in [4.69, 9.17) is 11.6 Å². The lowest BCUT2D eigenvalue weighted by Gasteiger charge is -2.39. The molecule has 0 saturated carbocycles. The van der Waals surface area contributed by atoms with Crippen molar-refractivity contribution >= 4 is 47.5 Å². The number of rotatable bonds is 3. The zero-order valence-electron chi connectivity index (χ0n) is 14.7. The van der Waals surface area contributed by atoms with Crippen LogP contribution in [0.3, 0.4) is 0 Å². The van der Waals surface area contributed by atoms with Crippen LogP contribution in [0.5, 0.6) is 0 Å². The topological polar surface area (TPSA) is 40.6 Å². The molecule has 2 fully saturated rings. The lowest BCUT2D eigenvalue weighted by molar-refractivity contribution is -0.134. The minimum atomic E-state index is -0.330. The Kier molecular flexibility index (Phi) is 6.54. The number of ketones is 1. The highest BCUT2D eigenvalue weighted by Crippen LogP contribution is 2.37. The molecule has 2 heterocycles.